The van der Waals surface area contributed by atoms with Gasteiger partial charge >= 0.3 is 0 Å². The van der Waals surface area contributed by atoms with Gasteiger partial charge in [-0.3, -0.25) is 0 Å². The van der Waals surface area contributed by atoms with Crippen LogP contribution in [0.5, 0.6) is 0 Å². The lowest BCUT2D eigenvalue weighted by Crippen LogP contribution is -2.24. The maximum Gasteiger partial charge on any atom is 0.138 e. The van der Waals surface area contributed by atoms with Gasteiger partial charge in [-0.1, -0.05) is 20.8 Å². The number of nitrogens with zero attached hydrogens (tertiary/aromatic N) is 2. The molecule has 0 aliphatic heterocycles. The molecular formula is C14H26N4O. The molecule has 1 aromatic heterocycles. The third kappa shape index (κ3) is 4.06. The van der Waals surface area contributed by atoms with Crippen LogP contribution >= 0.6 is 0 Å². The van der Waals surface area contributed by atoms with Gasteiger partial charge in [0.05, 0.1) is 6.61 Å². The molecule has 0 fully saturated rings. The summed E-state index contributed by atoms with van der Waals surface area (Å²) in [5, 5.41) is 15.7. The second-order valence-electron chi connectivity index (χ2n) is 5.88. The van der Waals surface area contributed by atoms with E-state index in [2.05, 4.69) is 41.4 Å². The molecule has 0 aromatic carbocycles. The Morgan fingerprint density at radius 2 is 1.79 bits per heavy atom. The van der Waals surface area contributed by atoms with Crippen LogP contribution in [0.4, 0.5) is 11.6 Å². The SMILES string of the molecule is CCNc1nc(C(C)(C)C)nc(NC(C)CO)c1C. The zero-order valence-corrected chi connectivity index (χ0v) is 12.8. The predicted molar refractivity (Wildman–Crippen MR) is 79.8 cm³/mol. The van der Waals surface area contributed by atoms with E-state index in [9.17, 15) is 0 Å². The fraction of sp³-hybridized carbons (Fsp3) is 0.714. The summed E-state index contributed by atoms with van der Waals surface area (Å²) >= 11 is 0. The van der Waals surface area contributed by atoms with Crippen molar-refractivity contribution in [3.8, 4) is 0 Å². The maximum absolute atomic E-state index is 9.17. The molecule has 1 unspecified atom stereocenters. The third-order valence-electron chi connectivity index (χ3n) is 2.82. The number of aliphatic hydroxyl groups is 1. The van der Waals surface area contributed by atoms with E-state index in [-0.39, 0.29) is 18.1 Å². The number of hydrogen-bond donors (Lipinski definition) is 3. The largest absolute Gasteiger partial charge is 0.394 e. The molecule has 0 radical (unpaired) electrons. The molecule has 0 saturated carbocycles. The van der Waals surface area contributed by atoms with E-state index >= 15 is 0 Å². The van der Waals surface area contributed by atoms with Crippen LogP contribution in [0.3, 0.4) is 0 Å². The Hall–Kier alpha value is -1.36. The number of aromatic nitrogens is 2. The number of hydrogen-bond acceptors (Lipinski definition) is 5. The Labute approximate surface area is 115 Å². The highest BCUT2D eigenvalue weighted by Gasteiger charge is 2.21. The highest BCUT2D eigenvalue weighted by molar-refractivity contribution is 5.58. The summed E-state index contributed by atoms with van der Waals surface area (Å²) in [6.07, 6.45) is 0. The minimum absolute atomic E-state index is 0.0316. The Morgan fingerprint density at radius 3 is 2.26 bits per heavy atom. The normalized spacial score (nSPS) is 13.2. The van der Waals surface area contributed by atoms with Crippen LogP contribution in [0.1, 0.15) is 46.0 Å². The quantitative estimate of drug-likeness (QED) is 0.763. The summed E-state index contributed by atoms with van der Waals surface area (Å²) in [4.78, 5) is 9.20. The highest BCUT2D eigenvalue weighted by atomic mass is 16.3. The fourth-order valence-electron chi connectivity index (χ4n) is 1.61. The smallest absolute Gasteiger partial charge is 0.138 e. The van der Waals surface area contributed by atoms with Crippen molar-refractivity contribution in [1.82, 2.24) is 9.97 Å². The molecule has 1 aromatic rings. The number of rotatable bonds is 5. The molecular weight excluding hydrogens is 240 g/mol. The van der Waals surface area contributed by atoms with Crippen molar-refractivity contribution in [3.63, 3.8) is 0 Å². The van der Waals surface area contributed by atoms with E-state index in [1.807, 2.05) is 20.8 Å². The summed E-state index contributed by atoms with van der Waals surface area (Å²) in [6, 6.07) is -0.0316. The molecule has 0 aliphatic rings. The van der Waals surface area contributed by atoms with Crippen LogP contribution in [-0.2, 0) is 5.41 Å². The van der Waals surface area contributed by atoms with E-state index < -0.39 is 0 Å². The van der Waals surface area contributed by atoms with E-state index in [0.717, 1.165) is 29.6 Å². The molecule has 0 spiro atoms. The van der Waals surface area contributed by atoms with Gasteiger partial charge in [0.1, 0.15) is 17.5 Å². The summed E-state index contributed by atoms with van der Waals surface area (Å²) < 4.78 is 0. The molecule has 1 atom stereocenters. The molecule has 3 N–H and O–H groups in total. The van der Waals surface area contributed by atoms with Crippen LogP contribution in [0.15, 0.2) is 0 Å². The summed E-state index contributed by atoms with van der Waals surface area (Å²) in [6.45, 7) is 13.1. The Bertz CT molecular complexity index is 426. The van der Waals surface area contributed by atoms with Gasteiger partial charge in [0.2, 0.25) is 0 Å². The topological polar surface area (TPSA) is 70.1 Å². The van der Waals surface area contributed by atoms with E-state index in [4.69, 9.17) is 5.11 Å². The molecule has 0 saturated heterocycles. The lowest BCUT2D eigenvalue weighted by atomic mass is 9.95. The summed E-state index contributed by atoms with van der Waals surface area (Å²) in [5.41, 5.74) is 0.867. The van der Waals surface area contributed by atoms with Gasteiger partial charge in [-0.2, -0.15) is 0 Å². The first-order valence-corrected chi connectivity index (χ1v) is 6.80. The fourth-order valence-corrected chi connectivity index (χ4v) is 1.61. The van der Waals surface area contributed by atoms with Gasteiger partial charge in [0.15, 0.2) is 0 Å². The second kappa shape index (κ2) is 6.19. The van der Waals surface area contributed by atoms with Gasteiger partial charge in [0.25, 0.3) is 0 Å². The number of nitrogens with one attached hydrogen (secondary N) is 2. The first kappa shape index (κ1) is 15.7. The van der Waals surface area contributed by atoms with Gasteiger partial charge in [0, 0.05) is 23.6 Å². The van der Waals surface area contributed by atoms with Crippen molar-refractivity contribution < 1.29 is 5.11 Å². The minimum atomic E-state index is -0.114. The van der Waals surface area contributed by atoms with Crippen LogP contribution in [0, 0.1) is 6.92 Å². The molecule has 1 rings (SSSR count). The zero-order valence-electron chi connectivity index (χ0n) is 12.8. The van der Waals surface area contributed by atoms with Crippen molar-refractivity contribution in [2.24, 2.45) is 0 Å². The van der Waals surface area contributed by atoms with Crippen LogP contribution in [-0.4, -0.2) is 34.3 Å². The Kier molecular flexibility index (Phi) is 5.11. The predicted octanol–water partition coefficient (Wildman–Crippen LogP) is 2.31. The average Bonchev–Trinajstić information content (AvgIpc) is 2.32. The molecule has 0 bridgehead atoms. The standard InChI is InChI=1S/C14H26N4O/c1-7-15-11-10(3)12(16-9(2)8-19)18-13(17-11)14(4,5)6/h9,19H,7-8H2,1-6H3,(H2,15,16,17,18). The van der Waals surface area contributed by atoms with Crippen molar-refractivity contribution in [2.75, 3.05) is 23.8 Å². The second-order valence-corrected chi connectivity index (χ2v) is 5.88. The van der Waals surface area contributed by atoms with Crippen molar-refractivity contribution >= 4 is 11.6 Å². The summed E-state index contributed by atoms with van der Waals surface area (Å²) in [7, 11) is 0. The van der Waals surface area contributed by atoms with E-state index in [1.165, 1.54) is 0 Å². The van der Waals surface area contributed by atoms with E-state index in [1.54, 1.807) is 0 Å². The van der Waals surface area contributed by atoms with Gasteiger partial charge in [-0.25, -0.2) is 9.97 Å². The zero-order chi connectivity index (χ0) is 14.6. The third-order valence-corrected chi connectivity index (χ3v) is 2.82. The van der Waals surface area contributed by atoms with Crippen molar-refractivity contribution in [3.05, 3.63) is 11.4 Å². The van der Waals surface area contributed by atoms with Gasteiger partial charge in [-0.05, 0) is 20.8 Å². The summed E-state index contributed by atoms with van der Waals surface area (Å²) in [5.74, 6) is 2.44. The van der Waals surface area contributed by atoms with Gasteiger partial charge < -0.3 is 15.7 Å². The Balaban J connectivity index is 3.23. The first-order valence-electron chi connectivity index (χ1n) is 6.80. The lowest BCUT2D eigenvalue weighted by Gasteiger charge is -2.22. The van der Waals surface area contributed by atoms with Crippen molar-refractivity contribution in [2.45, 2.75) is 53.0 Å². The van der Waals surface area contributed by atoms with Crippen molar-refractivity contribution in [1.29, 1.82) is 0 Å². The number of anilines is 2. The number of aliphatic hydroxyl groups excluding tert-OH is 1. The van der Waals surface area contributed by atoms with Gasteiger partial charge in [-0.15, -0.1) is 0 Å². The van der Waals surface area contributed by atoms with E-state index in [0.29, 0.717) is 0 Å². The molecule has 5 nitrogen and oxygen atoms in total. The van der Waals surface area contributed by atoms with Crippen LogP contribution in [0.25, 0.3) is 0 Å². The lowest BCUT2D eigenvalue weighted by molar-refractivity contribution is 0.281. The Morgan fingerprint density at radius 1 is 1.21 bits per heavy atom. The van der Waals surface area contributed by atoms with Crippen LogP contribution < -0.4 is 10.6 Å². The molecule has 108 valence electrons. The monoisotopic (exact) mass is 266 g/mol. The van der Waals surface area contributed by atoms with Crippen LogP contribution in [0.2, 0.25) is 0 Å². The highest BCUT2D eigenvalue weighted by Crippen LogP contribution is 2.26. The molecule has 19 heavy (non-hydrogen) atoms. The molecule has 5 heteroatoms. The first-order chi connectivity index (χ1) is 8.79. The average molecular weight is 266 g/mol. The molecule has 1 heterocycles. The maximum atomic E-state index is 9.17. The molecule has 0 amide bonds. The minimum Gasteiger partial charge on any atom is -0.394 e. The molecule has 0 aliphatic carbocycles.